The van der Waals surface area contributed by atoms with Gasteiger partial charge in [0.15, 0.2) is 0 Å². The van der Waals surface area contributed by atoms with E-state index in [9.17, 15) is 14.0 Å². The van der Waals surface area contributed by atoms with E-state index in [0.717, 1.165) is 6.07 Å². The number of urea groups is 1. The summed E-state index contributed by atoms with van der Waals surface area (Å²) in [7, 11) is 0. The van der Waals surface area contributed by atoms with Crippen molar-refractivity contribution in [1.29, 1.82) is 0 Å². The van der Waals surface area contributed by atoms with Crippen molar-refractivity contribution in [3.8, 4) is 11.8 Å². The van der Waals surface area contributed by atoms with Crippen molar-refractivity contribution < 1.29 is 19.1 Å². The molecule has 0 aliphatic heterocycles. The molecule has 0 unspecified atom stereocenters. The van der Waals surface area contributed by atoms with Crippen LogP contribution < -0.4 is 16.4 Å². The zero-order valence-electron chi connectivity index (χ0n) is 10.6. The molecule has 0 fully saturated rings. The molecule has 0 aromatic heterocycles. The summed E-state index contributed by atoms with van der Waals surface area (Å²) in [6, 6.07) is 3.19. The van der Waals surface area contributed by atoms with Crippen LogP contribution in [0.4, 0.5) is 9.18 Å². The Kier molecular flexibility index (Phi) is 6.00. The molecule has 6 nitrogen and oxygen atoms in total. The summed E-state index contributed by atoms with van der Waals surface area (Å²) in [5, 5.41) is 13.2. The van der Waals surface area contributed by atoms with Crippen LogP contribution in [0, 0.1) is 17.7 Å². The van der Waals surface area contributed by atoms with Crippen molar-refractivity contribution in [2.24, 2.45) is 5.73 Å². The highest BCUT2D eigenvalue weighted by Gasteiger charge is 2.11. The molecule has 0 bridgehead atoms. The van der Waals surface area contributed by atoms with Crippen LogP contribution >= 0.6 is 0 Å². The molecule has 0 heterocycles. The van der Waals surface area contributed by atoms with Gasteiger partial charge in [-0.2, -0.15) is 0 Å². The van der Waals surface area contributed by atoms with Crippen molar-refractivity contribution in [1.82, 2.24) is 10.6 Å². The Balaban J connectivity index is 2.62. The van der Waals surface area contributed by atoms with Crippen LogP contribution in [0.5, 0.6) is 0 Å². The van der Waals surface area contributed by atoms with Crippen molar-refractivity contribution in [3.05, 3.63) is 35.1 Å². The van der Waals surface area contributed by atoms with Gasteiger partial charge < -0.3 is 21.5 Å². The molecule has 20 heavy (non-hydrogen) atoms. The number of primary amides is 1. The third-order valence-electron chi connectivity index (χ3n) is 2.24. The fourth-order valence-electron chi connectivity index (χ4n) is 1.38. The highest BCUT2D eigenvalue weighted by atomic mass is 19.1. The summed E-state index contributed by atoms with van der Waals surface area (Å²) in [6.07, 6.45) is 0. The lowest BCUT2D eigenvalue weighted by Gasteiger charge is -2.06. The predicted molar refractivity (Wildman–Crippen MR) is 70.3 cm³/mol. The molecule has 3 amide bonds. The molecule has 7 heteroatoms. The van der Waals surface area contributed by atoms with Gasteiger partial charge in [0.2, 0.25) is 0 Å². The van der Waals surface area contributed by atoms with Gasteiger partial charge in [0.05, 0.1) is 5.56 Å². The molecular formula is C13H14FN3O3. The number of hydrogen-bond donors (Lipinski definition) is 4. The lowest BCUT2D eigenvalue weighted by atomic mass is 10.1. The molecule has 0 saturated heterocycles. The average molecular weight is 279 g/mol. The third kappa shape index (κ3) is 4.96. The van der Waals surface area contributed by atoms with Crippen LogP contribution in [-0.2, 0) is 0 Å². The number of halogens is 1. The van der Waals surface area contributed by atoms with Crippen molar-refractivity contribution in [2.45, 2.75) is 0 Å². The summed E-state index contributed by atoms with van der Waals surface area (Å²) in [5.74, 6) is 3.60. The molecule has 0 atom stereocenters. The zero-order valence-corrected chi connectivity index (χ0v) is 10.6. The number of amides is 3. The molecule has 0 spiro atoms. The fraction of sp³-hybridized carbons (Fsp3) is 0.231. The van der Waals surface area contributed by atoms with Gasteiger partial charge in [0, 0.05) is 18.7 Å². The predicted octanol–water partition coefficient (Wildman–Crippen LogP) is -0.432. The number of nitrogens with two attached hydrogens (primary N) is 1. The topological polar surface area (TPSA) is 104 Å². The summed E-state index contributed by atoms with van der Waals surface area (Å²) < 4.78 is 13.7. The number of aliphatic hydroxyl groups excluding tert-OH is 1. The van der Waals surface area contributed by atoms with Gasteiger partial charge in [-0.1, -0.05) is 11.8 Å². The number of carbonyl (C=O) groups excluding carboxylic acids is 2. The minimum Gasteiger partial charge on any atom is -0.384 e. The second kappa shape index (κ2) is 7.76. The fourth-order valence-corrected chi connectivity index (χ4v) is 1.38. The Morgan fingerprint density at radius 2 is 2.00 bits per heavy atom. The summed E-state index contributed by atoms with van der Waals surface area (Å²) >= 11 is 0. The summed E-state index contributed by atoms with van der Waals surface area (Å²) in [6.45, 7) is -0.0350. The van der Waals surface area contributed by atoms with Gasteiger partial charge in [0.1, 0.15) is 12.4 Å². The minimum absolute atomic E-state index is 0.126. The Morgan fingerprint density at radius 1 is 1.30 bits per heavy atom. The summed E-state index contributed by atoms with van der Waals surface area (Å²) in [5.41, 5.74) is 5.09. The van der Waals surface area contributed by atoms with Crippen LogP contribution in [0.3, 0.4) is 0 Å². The Hall–Kier alpha value is -2.59. The quantitative estimate of drug-likeness (QED) is 0.444. The van der Waals surface area contributed by atoms with Crippen LogP contribution in [0.15, 0.2) is 18.2 Å². The highest BCUT2D eigenvalue weighted by molar-refractivity contribution is 5.94. The number of rotatable bonds is 4. The van der Waals surface area contributed by atoms with E-state index in [1.54, 1.807) is 0 Å². The molecule has 0 aliphatic rings. The van der Waals surface area contributed by atoms with Crippen LogP contribution in [0.2, 0.25) is 0 Å². The van der Waals surface area contributed by atoms with Gasteiger partial charge in [-0.25, -0.2) is 9.18 Å². The first-order valence-electron chi connectivity index (χ1n) is 5.75. The van der Waals surface area contributed by atoms with E-state index in [-0.39, 0.29) is 25.3 Å². The van der Waals surface area contributed by atoms with Gasteiger partial charge in [-0.3, -0.25) is 4.79 Å². The van der Waals surface area contributed by atoms with Crippen molar-refractivity contribution >= 4 is 11.9 Å². The van der Waals surface area contributed by atoms with Gasteiger partial charge >= 0.3 is 6.03 Å². The molecule has 0 radical (unpaired) electrons. The lowest BCUT2D eigenvalue weighted by molar-refractivity contribution is 0.0950. The number of benzene rings is 1. The maximum absolute atomic E-state index is 13.7. The monoisotopic (exact) mass is 279 g/mol. The number of hydrogen-bond acceptors (Lipinski definition) is 3. The Bertz CT molecular complexity index is 564. The Morgan fingerprint density at radius 3 is 2.60 bits per heavy atom. The van der Waals surface area contributed by atoms with Crippen molar-refractivity contribution in [2.75, 3.05) is 19.7 Å². The van der Waals surface area contributed by atoms with E-state index in [4.69, 9.17) is 10.8 Å². The standard InChI is InChI=1S/C13H14FN3O3/c14-11-8-9(2-1-7-18)3-4-10(11)12(19)16-5-6-17-13(15)20/h3-4,8,18H,5-7H2,(H,16,19)(H3,15,17,20). The zero-order chi connectivity index (χ0) is 15.0. The number of carbonyl (C=O) groups is 2. The van der Waals surface area contributed by atoms with Crippen LogP contribution in [0.1, 0.15) is 15.9 Å². The minimum atomic E-state index is -0.713. The molecule has 0 saturated carbocycles. The van der Waals surface area contributed by atoms with Gasteiger partial charge in [-0.05, 0) is 18.2 Å². The SMILES string of the molecule is NC(=O)NCCNC(=O)c1ccc(C#CCO)cc1F. The average Bonchev–Trinajstić information content (AvgIpc) is 2.41. The third-order valence-corrected chi connectivity index (χ3v) is 2.24. The summed E-state index contributed by atoms with van der Waals surface area (Å²) in [4.78, 5) is 22.1. The lowest BCUT2D eigenvalue weighted by Crippen LogP contribution is -2.37. The van der Waals surface area contributed by atoms with E-state index >= 15 is 0 Å². The van der Waals surface area contributed by atoms with E-state index in [2.05, 4.69) is 22.5 Å². The van der Waals surface area contributed by atoms with E-state index in [1.165, 1.54) is 12.1 Å². The highest BCUT2D eigenvalue weighted by Crippen LogP contribution is 2.09. The molecule has 1 rings (SSSR count). The second-order valence-electron chi connectivity index (χ2n) is 3.70. The van der Waals surface area contributed by atoms with E-state index in [0.29, 0.717) is 5.56 Å². The first-order chi connectivity index (χ1) is 9.54. The van der Waals surface area contributed by atoms with E-state index in [1.807, 2.05) is 0 Å². The maximum Gasteiger partial charge on any atom is 0.312 e. The second-order valence-corrected chi connectivity index (χ2v) is 3.70. The van der Waals surface area contributed by atoms with Crippen LogP contribution in [0.25, 0.3) is 0 Å². The molecule has 5 N–H and O–H groups in total. The molecular weight excluding hydrogens is 265 g/mol. The first kappa shape index (κ1) is 15.5. The van der Waals surface area contributed by atoms with Gasteiger partial charge in [-0.15, -0.1) is 0 Å². The molecule has 1 aromatic carbocycles. The van der Waals surface area contributed by atoms with E-state index < -0.39 is 17.8 Å². The van der Waals surface area contributed by atoms with Crippen LogP contribution in [-0.4, -0.2) is 36.7 Å². The first-order valence-corrected chi connectivity index (χ1v) is 5.75. The normalized spacial score (nSPS) is 9.30. The molecule has 0 aliphatic carbocycles. The molecule has 1 aromatic rings. The number of aliphatic hydroxyl groups is 1. The van der Waals surface area contributed by atoms with Gasteiger partial charge in [0.25, 0.3) is 5.91 Å². The molecule has 106 valence electrons. The Labute approximate surface area is 115 Å². The van der Waals surface area contributed by atoms with Crippen molar-refractivity contribution in [3.63, 3.8) is 0 Å². The maximum atomic E-state index is 13.7. The smallest absolute Gasteiger partial charge is 0.312 e. The number of nitrogens with one attached hydrogen (secondary N) is 2. The largest absolute Gasteiger partial charge is 0.384 e.